The van der Waals surface area contributed by atoms with Crippen molar-refractivity contribution in [3.63, 3.8) is 0 Å². The Balaban J connectivity index is 1.40. The predicted molar refractivity (Wildman–Crippen MR) is 130 cm³/mol. The van der Waals surface area contributed by atoms with E-state index >= 15 is 0 Å². The number of carbonyl (C=O) groups excluding carboxylic acids is 2. The number of sulfonamides is 1. The Bertz CT molecular complexity index is 1040. The zero-order valence-corrected chi connectivity index (χ0v) is 20.7. The second kappa shape index (κ2) is 12.1. The fraction of sp³-hybridized carbons (Fsp3) is 0.522. The molecule has 10 nitrogen and oxygen atoms in total. The summed E-state index contributed by atoms with van der Waals surface area (Å²) < 4.78 is 28.6. The van der Waals surface area contributed by atoms with E-state index in [0.29, 0.717) is 18.8 Å². The molecule has 186 valence electrons. The highest BCUT2D eigenvalue weighted by Gasteiger charge is 2.30. The van der Waals surface area contributed by atoms with Crippen molar-refractivity contribution < 1.29 is 18.0 Å². The number of benzene rings is 1. The van der Waals surface area contributed by atoms with Crippen LogP contribution in [0.5, 0.6) is 0 Å². The molecule has 1 saturated heterocycles. The number of hydrogen-bond donors (Lipinski definition) is 1. The van der Waals surface area contributed by atoms with Crippen LogP contribution in [0.3, 0.4) is 0 Å². The lowest BCUT2D eigenvalue weighted by molar-refractivity contribution is -0.133. The summed E-state index contributed by atoms with van der Waals surface area (Å²) in [6, 6.07) is 8.29. The van der Waals surface area contributed by atoms with E-state index in [-0.39, 0.29) is 42.6 Å². The molecular weight excluding hydrogens is 456 g/mol. The monoisotopic (exact) mass is 490 g/mol. The minimum atomic E-state index is -3.56. The summed E-state index contributed by atoms with van der Waals surface area (Å²) in [5, 5.41) is 7.06. The molecule has 1 aromatic carbocycles. The maximum atomic E-state index is 12.7. The van der Waals surface area contributed by atoms with Crippen LogP contribution in [-0.4, -0.2) is 89.9 Å². The number of nitrogens with zero attached hydrogens (tertiary/aromatic N) is 5. The Kier molecular flexibility index (Phi) is 9.20. The molecule has 2 amide bonds. The first-order valence-corrected chi connectivity index (χ1v) is 13.1. The lowest BCUT2D eigenvalue weighted by atomic mass is 10.2. The van der Waals surface area contributed by atoms with Gasteiger partial charge in [0.15, 0.2) is 0 Å². The SMILES string of the molecule is CCN(CC)CCn1cc(NC(=O)CCC(=O)N2CCN(S(=O)(=O)c3ccccc3)CC2)cn1. The van der Waals surface area contributed by atoms with Crippen molar-refractivity contribution >= 4 is 27.5 Å². The molecule has 0 radical (unpaired) electrons. The molecule has 0 bridgehead atoms. The molecule has 0 atom stereocenters. The Morgan fingerprint density at radius 1 is 1.03 bits per heavy atom. The highest BCUT2D eigenvalue weighted by molar-refractivity contribution is 7.89. The number of aromatic nitrogens is 2. The number of likely N-dealkylation sites (N-methyl/N-ethyl adjacent to an activating group) is 1. The van der Waals surface area contributed by atoms with E-state index in [4.69, 9.17) is 0 Å². The van der Waals surface area contributed by atoms with Gasteiger partial charge in [0.25, 0.3) is 0 Å². The smallest absolute Gasteiger partial charge is 0.243 e. The maximum absolute atomic E-state index is 12.7. The van der Waals surface area contributed by atoms with Gasteiger partial charge in [0.1, 0.15) is 0 Å². The van der Waals surface area contributed by atoms with Crippen LogP contribution in [0.15, 0.2) is 47.6 Å². The summed E-state index contributed by atoms with van der Waals surface area (Å²) in [4.78, 5) is 29.0. The molecule has 3 rings (SSSR count). The van der Waals surface area contributed by atoms with Crippen LogP contribution in [0.4, 0.5) is 5.69 Å². The highest BCUT2D eigenvalue weighted by Crippen LogP contribution is 2.17. The summed E-state index contributed by atoms with van der Waals surface area (Å²) in [6.45, 7) is 8.92. The fourth-order valence-electron chi connectivity index (χ4n) is 3.86. The van der Waals surface area contributed by atoms with Crippen molar-refractivity contribution in [1.29, 1.82) is 0 Å². The standard InChI is InChI=1S/C23H34N6O4S/c1-3-26(4-2)12-15-28-19-20(18-24-28)25-22(30)10-11-23(31)27-13-16-29(17-14-27)34(32,33)21-8-6-5-7-9-21/h5-9,18-19H,3-4,10-17H2,1-2H3,(H,25,30). The molecule has 1 N–H and O–H groups in total. The third-order valence-electron chi connectivity index (χ3n) is 6.00. The van der Waals surface area contributed by atoms with Gasteiger partial charge in [-0.2, -0.15) is 9.40 Å². The Labute approximate surface area is 201 Å². The number of hydrogen-bond acceptors (Lipinski definition) is 6. The van der Waals surface area contributed by atoms with Gasteiger partial charge >= 0.3 is 0 Å². The van der Waals surface area contributed by atoms with Crippen LogP contribution in [-0.2, 0) is 26.2 Å². The van der Waals surface area contributed by atoms with Crippen molar-refractivity contribution in [2.24, 2.45) is 0 Å². The van der Waals surface area contributed by atoms with Gasteiger partial charge in [-0.3, -0.25) is 14.3 Å². The molecule has 11 heteroatoms. The summed E-state index contributed by atoms with van der Waals surface area (Å²) in [7, 11) is -3.56. The van der Waals surface area contributed by atoms with E-state index in [9.17, 15) is 18.0 Å². The quantitative estimate of drug-likeness (QED) is 0.511. The summed E-state index contributed by atoms with van der Waals surface area (Å²) in [5.41, 5.74) is 0.608. The molecule has 2 heterocycles. The molecule has 2 aromatic rings. The van der Waals surface area contributed by atoms with Crippen molar-refractivity contribution in [2.75, 3.05) is 51.1 Å². The van der Waals surface area contributed by atoms with Crippen LogP contribution in [0, 0.1) is 0 Å². The maximum Gasteiger partial charge on any atom is 0.243 e. The first kappa shape index (κ1) is 25.9. The van der Waals surface area contributed by atoms with E-state index in [0.717, 1.165) is 26.2 Å². The van der Waals surface area contributed by atoms with Gasteiger partial charge in [0.05, 0.1) is 23.3 Å². The molecule has 0 unspecified atom stereocenters. The largest absolute Gasteiger partial charge is 0.340 e. The topological polar surface area (TPSA) is 108 Å². The number of rotatable bonds is 11. The lowest BCUT2D eigenvalue weighted by Gasteiger charge is -2.34. The van der Waals surface area contributed by atoms with Crippen molar-refractivity contribution in [3.8, 4) is 0 Å². The number of anilines is 1. The van der Waals surface area contributed by atoms with Gasteiger partial charge in [-0.15, -0.1) is 0 Å². The number of nitrogens with one attached hydrogen (secondary N) is 1. The molecule has 0 spiro atoms. The minimum absolute atomic E-state index is 0.0615. The first-order valence-electron chi connectivity index (χ1n) is 11.7. The summed E-state index contributed by atoms with van der Waals surface area (Å²) >= 11 is 0. The van der Waals surface area contributed by atoms with Gasteiger partial charge in [0.2, 0.25) is 21.8 Å². The third-order valence-corrected chi connectivity index (χ3v) is 7.91. The Morgan fingerprint density at radius 2 is 1.71 bits per heavy atom. The fourth-order valence-corrected chi connectivity index (χ4v) is 5.30. The zero-order chi connectivity index (χ0) is 24.6. The van der Waals surface area contributed by atoms with E-state index in [1.165, 1.54) is 4.31 Å². The average Bonchev–Trinajstić information content (AvgIpc) is 3.30. The van der Waals surface area contributed by atoms with Crippen LogP contribution in [0.25, 0.3) is 0 Å². The normalized spacial score (nSPS) is 15.0. The third kappa shape index (κ3) is 6.87. The van der Waals surface area contributed by atoms with Gasteiger partial charge in [-0.05, 0) is 25.2 Å². The Morgan fingerprint density at radius 3 is 2.35 bits per heavy atom. The molecule has 0 saturated carbocycles. The van der Waals surface area contributed by atoms with Crippen LogP contribution < -0.4 is 5.32 Å². The number of amides is 2. The molecule has 34 heavy (non-hydrogen) atoms. The van der Waals surface area contributed by atoms with Crippen molar-refractivity contribution in [1.82, 2.24) is 23.9 Å². The molecular formula is C23H34N6O4S. The zero-order valence-electron chi connectivity index (χ0n) is 19.9. The molecule has 1 aliphatic heterocycles. The van der Waals surface area contributed by atoms with E-state index in [1.807, 2.05) is 0 Å². The highest BCUT2D eigenvalue weighted by atomic mass is 32.2. The van der Waals surface area contributed by atoms with E-state index < -0.39 is 10.0 Å². The van der Waals surface area contributed by atoms with Gasteiger partial charge < -0.3 is 15.1 Å². The number of piperazine rings is 1. The van der Waals surface area contributed by atoms with Gasteiger partial charge in [-0.1, -0.05) is 32.0 Å². The minimum Gasteiger partial charge on any atom is -0.340 e. The second-order valence-corrected chi connectivity index (χ2v) is 10.1. The molecule has 1 fully saturated rings. The van der Waals surface area contributed by atoms with E-state index in [2.05, 4.69) is 29.2 Å². The first-order chi connectivity index (χ1) is 16.3. The summed E-state index contributed by atoms with van der Waals surface area (Å²) in [6.07, 6.45) is 3.53. The van der Waals surface area contributed by atoms with Crippen LogP contribution in [0.1, 0.15) is 26.7 Å². The van der Waals surface area contributed by atoms with E-state index in [1.54, 1.807) is 52.3 Å². The van der Waals surface area contributed by atoms with Crippen LogP contribution in [0.2, 0.25) is 0 Å². The molecule has 1 aliphatic rings. The predicted octanol–water partition coefficient (Wildman–Crippen LogP) is 1.48. The van der Waals surface area contributed by atoms with Gasteiger partial charge in [0, 0.05) is 51.8 Å². The molecule has 0 aliphatic carbocycles. The average molecular weight is 491 g/mol. The van der Waals surface area contributed by atoms with Crippen molar-refractivity contribution in [2.45, 2.75) is 38.1 Å². The van der Waals surface area contributed by atoms with Gasteiger partial charge in [-0.25, -0.2) is 8.42 Å². The second-order valence-electron chi connectivity index (χ2n) is 8.17. The lowest BCUT2D eigenvalue weighted by Crippen LogP contribution is -2.50. The summed E-state index contributed by atoms with van der Waals surface area (Å²) in [5.74, 6) is -0.399. The Hall–Kier alpha value is -2.76. The number of carbonyl (C=O) groups is 2. The van der Waals surface area contributed by atoms with Crippen LogP contribution >= 0.6 is 0 Å². The molecule has 1 aromatic heterocycles. The van der Waals surface area contributed by atoms with Crippen molar-refractivity contribution in [3.05, 3.63) is 42.7 Å².